The maximum absolute atomic E-state index is 12.3. The van der Waals surface area contributed by atoms with Crippen molar-refractivity contribution in [3.05, 3.63) is 20.8 Å². The van der Waals surface area contributed by atoms with E-state index in [9.17, 15) is 9.59 Å². The lowest BCUT2D eigenvalue weighted by Gasteiger charge is -2.32. The van der Waals surface area contributed by atoms with Crippen LogP contribution in [0.2, 0.25) is 0 Å². The second kappa shape index (κ2) is 4.66. The minimum atomic E-state index is -0.283. The Morgan fingerprint density at radius 2 is 2.22 bits per heavy atom. The fraction of sp³-hybridized carbons (Fsp3) is 0.500. The van der Waals surface area contributed by atoms with Gasteiger partial charge in [0.1, 0.15) is 6.04 Å². The van der Waals surface area contributed by atoms with Gasteiger partial charge in [0.25, 0.3) is 0 Å². The van der Waals surface area contributed by atoms with E-state index in [1.54, 1.807) is 16.2 Å². The van der Waals surface area contributed by atoms with Crippen LogP contribution in [0.1, 0.15) is 17.7 Å². The molecule has 1 unspecified atom stereocenters. The summed E-state index contributed by atoms with van der Waals surface area (Å²) in [6, 6.07) is 1.71. The second-order valence-corrected chi connectivity index (χ2v) is 6.72. The van der Waals surface area contributed by atoms with E-state index in [-0.39, 0.29) is 24.4 Å². The Kier molecular flexibility index (Phi) is 3.15. The molecule has 0 spiro atoms. The fourth-order valence-electron chi connectivity index (χ4n) is 2.24. The van der Waals surface area contributed by atoms with Gasteiger partial charge in [-0.2, -0.15) is 0 Å². The molecule has 2 aliphatic rings. The van der Waals surface area contributed by atoms with Crippen molar-refractivity contribution in [2.24, 2.45) is 5.92 Å². The third-order valence-electron chi connectivity index (χ3n) is 3.29. The molecule has 1 atom stereocenters. The van der Waals surface area contributed by atoms with Crippen molar-refractivity contribution in [1.82, 2.24) is 10.2 Å². The molecular formula is C12H13BrN2O2S. The molecular weight excluding hydrogens is 316 g/mol. The maximum atomic E-state index is 12.3. The van der Waals surface area contributed by atoms with E-state index in [2.05, 4.69) is 21.2 Å². The van der Waals surface area contributed by atoms with Crippen LogP contribution in [0.4, 0.5) is 0 Å². The summed E-state index contributed by atoms with van der Waals surface area (Å²) in [5.41, 5.74) is 0. The monoisotopic (exact) mass is 328 g/mol. The summed E-state index contributed by atoms with van der Waals surface area (Å²) < 4.78 is 1.02. The van der Waals surface area contributed by atoms with Crippen molar-refractivity contribution < 1.29 is 9.59 Å². The molecule has 0 aromatic carbocycles. The number of thiophene rings is 1. The van der Waals surface area contributed by atoms with Crippen molar-refractivity contribution in [3.8, 4) is 0 Å². The number of hydrogen-bond acceptors (Lipinski definition) is 3. The summed E-state index contributed by atoms with van der Waals surface area (Å²) in [5.74, 6) is 0.392. The molecule has 2 amide bonds. The topological polar surface area (TPSA) is 49.4 Å². The van der Waals surface area contributed by atoms with Gasteiger partial charge in [-0.3, -0.25) is 9.59 Å². The Morgan fingerprint density at radius 3 is 2.83 bits per heavy atom. The molecule has 1 aromatic heterocycles. The minimum Gasteiger partial charge on any atom is -0.342 e. The Bertz CT molecular complexity index is 498. The Balaban J connectivity index is 1.73. The highest BCUT2D eigenvalue weighted by atomic mass is 79.9. The van der Waals surface area contributed by atoms with Crippen LogP contribution in [0, 0.1) is 5.92 Å². The number of halogens is 1. The molecule has 6 heteroatoms. The Labute approximate surface area is 117 Å². The van der Waals surface area contributed by atoms with Gasteiger partial charge in [0, 0.05) is 14.7 Å². The summed E-state index contributed by atoms with van der Waals surface area (Å²) in [7, 11) is 0. The van der Waals surface area contributed by atoms with E-state index in [4.69, 9.17) is 0 Å². The Hall–Kier alpha value is -0.880. The zero-order valence-corrected chi connectivity index (χ0v) is 12.1. The summed E-state index contributed by atoms with van der Waals surface area (Å²) in [6.07, 6.45) is 2.10. The van der Waals surface area contributed by atoms with Gasteiger partial charge in [-0.25, -0.2) is 0 Å². The standard InChI is InChI=1S/C12H13BrN2O2S/c13-8-3-9(18-6-8)4-15-5-10(16)14-11(12(15)17)7-1-2-7/h3,6-7,11H,1-2,4-5H2,(H,14,16). The van der Waals surface area contributed by atoms with Crippen LogP contribution in [-0.2, 0) is 16.1 Å². The SMILES string of the molecule is O=C1CN(Cc2cc(Br)cs2)C(=O)C(C2CC2)N1. The number of hydrogen-bond donors (Lipinski definition) is 1. The van der Waals surface area contributed by atoms with Crippen molar-refractivity contribution in [1.29, 1.82) is 0 Å². The van der Waals surface area contributed by atoms with Gasteiger partial charge in [0.2, 0.25) is 11.8 Å². The molecule has 0 radical (unpaired) electrons. The van der Waals surface area contributed by atoms with Crippen LogP contribution in [0.5, 0.6) is 0 Å². The Morgan fingerprint density at radius 1 is 1.44 bits per heavy atom. The highest BCUT2D eigenvalue weighted by Gasteiger charge is 2.42. The van der Waals surface area contributed by atoms with E-state index in [1.807, 2.05) is 11.4 Å². The normalized spacial score (nSPS) is 24.3. The van der Waals surface area contributed by atoms with Crippen LogP contribution in [0.25, 0.3) is 0 Å². The summed E-state index contributed by atoms with van der Waals surface area (Å²) in [4.78, 5) is 26.7. The zero-order valence-electron chi connectivity index (χ0n) is 9.69. The number of amides is 2. The van der Waals surface area contributed by atoms with Gasteiger partial charge in [0.15, 0.2) is 0 Å². The molecule has 1 saturated carbocycles. The average Bonchev–Trinajstić information content (AvgIpc) is 3.08. The number of nitrogens with one attached hydrogen (secondary N) is 1. The quantitative estimate of drug-likeness (QED) is 0.918. The van der Waals surface area contributed by atoms with Gasteiger partial charge in [0.05, 0.1) is 13.1 Å². The van der Waals surface area contributed by atoms with E-state index >= 15 is 0 Å². The molecule has 1 saturated heterocycles. The van der Waals surface area contributed by atoms with Gasteiger partial charge in [-0.15, -0.1) is 11.3 Å². The van der Waals surface area contributed by atoms with Crippen LogP contribution in [-0.4, -0.2) is 29.3 Å². The summed E-state index contributed by atoms with van der Waals surface area (Å²) in [5, 5.41) is 4.80. The van der Waals surface area contributed by atoms with Crippen LogP contribution < -0.4 is 5.32 Å². The van der Waals surface area contributed by atoms with Crippen LogP contribution in [0.3, 0.4) is 0 Å². The minimum absolute atomic E-state index is 0.0397. The number of rotatable bonds is 3. The van der Waals surface area contributed by atoms with Crippen molar-refractivity contribution in [2.45, 2.75) is 25.4 Å². The third kappa shape index (κ3) is 2.44. The van der Waals surface area contributed by atoms with E-state index in [0.717, 1.165) is 22.2 Å². The lowest BCUT2D eigenvalue weighted by atomic mass is 10.1. The molecule has 0 bridgehead atoms. The molecule has 2 heterocycles. The number of nitrogens with zero attached hydrogens (tertiary/aromatic N) is 1. The molecule has 4 nitrogen and oxygen atoms in total. The number of carbonyl (C=O) groups is 2. The van der Waals surface area contributed by atoms with Gasteiger partial charge in [-0.1, -0.05) is 0 Å². The zero-order chi connectivity index (χ0) is 12.7. The molecule has 96 valence electrons. The van der Waals surface area contributed by atoms with Gasteiger partial charge < -0.3 is 10.2 Å². The van der Waals surface area contributed by atoms with Crippen molar-refractivity contribution >= 4 is 39.1 Å². The molecule has 1 aliphatic heterocycles. The summed E-state index contributed by atoms with van der Waals surface area (Å²) >= 11 is 5.00. The van der Waals surface area contributed by atoms with Crippen molar-refractivity contribution in [2.75, 3.05) is 6.54 Å². The smallest absolute Gasteiger partial charge is 0.246 e. The first kappa shape index (κ1) is 12.2. The highest BCUT2D eigenvalue weighted by molar-refractivity contribution is 9.10. The van der Waals surface area contributed by atoms with E-state index in [0.29, 0.717) is 12.5 Å². The first-order valence-corrected chi connectivity index (χ1v) is 7.62. The molecule has 18 heavy (non-hydrogen) atoms. The molecule has 3 rings (SSSR count). The third-order valence-corrected chi connectivity index (χ3v) is 4.97. The van der Waals surface area contributed by atoms with E-state index < -0.39 is 0 Å². The predicted molar refractivity (Wildman–Crippen MR) is 72.1 cm³/mol. The summed E-state index contributed by atoms with van der Waals surface area (Å²) in [6.45, 7) is 0.712. The van der Waals surface area contributed by atoms with Crippen LogP contribution >= 0.6 is 27.3 Å². The molecule has 1 aliphatic carbocycles. The molecule has 1 aromatic rings. The lowest BCUT2D eigenvalue weighted by molar-refractivity contribution is -0.145. The second-order valence-electron chi connectivity index (χ2n) is 4.81. The lowest BCUT2D eigenvalue weighted by Crippen LogP contribution is -2.58. The van der Waals surface area contributed by atoms with Gasteiger partial charge >= 0.3 is 0 Å². The highest BCUT2D eigenvalue weighted by Crippen LogP contribution is 2.34. The first-order chi connectivity index (χ1) is 8.63. The average molecular weight is 329 g/mol. The van der Waals surface area contributed by atoms with Crippen LogP contribution in [0.15, 0.2) is 15.9 Å². The van der Waals surface area contributed by atoms with Gasteiger partial charge in [-0.05, 0) is 40.8 Å². The number of carbonyl (C=O) groups excluding carboxylic acids is 2. The first-order valence-electron chi connectivity index (χ1n) is 5.94. The van der Waals surface area contributed by atoms with Crippen molar-refractivity contribution in [3.63, 3.8) is 0 Å². The largest absolute Gasteiger partial charge is 0.342 e. The maximum Gasteiger partial charge on any atom is 0.246 e. The predicted octanol–water partition coefficient (Wildman–Crippen LogP) is 1.75. The number of piperazine rings is 1. The molecule has 2 fully saturated rings. The van der Waals surface area contributed by atoms with E-state index in [1.165, 1.54) is 0 Å². The molecule has 1 N–H and O–H groups in total. The fourth-order valence-corrected chi connectivity index (χ4v) is 3.70.